The van der Waals surface area contributed by atoms with Gasteiger partial charge in [-0.15, -0.1) is 0 Å². The number of methoxy groups -OCH3 is 1. The van der Waals surface area contributed by atoms with Gasteiger partial charge in [0.2, 0.25) is 0 Å². The highest BCUT2D eigenvalue weighted by Gasteiger charge is 2.32. The lowest BCUT2D eigenvalue weighted by Gasteiger charge is -2.13. The zero-order valence-corrected chi connectivity index (χ0v) is 10.6. The standard InChI is InChI=1S/C13H18N2O3/c1-3-18-13(16)11-8-10(14-15-11)9-6-4-5-7-12(9)17-2/h4-7,10-11,14-15H,3,8H2,1-2H3. The number of hydrogen-bond acceptors (Lipinski definition) is 5. The van der Waals surface area contributed by atoms with E-state index in [1.54, 1.807) is 14.0 Å². The summed E-state index contributed by atoms with van der Waals surface area (Å²) in [5, 5.41) is 0. The van der Waals surface area contributed by atoms with Crippen LogP contribution < -0.4 is 15.6 Å². The molecule has 0 aromatic heterocycles. The van der Waals surface area contributed by atoms with Crippen molar-refractivity contribution < 1.29 is 14.3 Å². The van der Waals surface area contributed by atoms with E-state index in [4.69, 9.17) is 9.47 Å². The summed E-state index contributed by atoms with van der Waals surface area (Å²) in [6, 6.07) is 7.53. The van der Waals surface area contributed by atoms with Crippen molar-refractivity contribution in [3.05, 3.63) is 29.8 Å². The minimum atomic E-state index is -0.306. The Labute approximate surface area is 106 Å². The van der Waals surface area contributed by atoms with Crippen LogP contribution in [0.4, 0.5) is 0 Å². The molecule has 1 aliphatic rings. The molecule has 0 aliphatic carbocycles. The number of nitrogens with one attached hydrogen (secondary N) is 2. The Morgan fingerprint density at radius 3 is 2.89 bits per heavy atom. The van der Waals surface area contributed by atoms with Gasteiger partial charge in [0.15, 0.2) is 0 Å². The molecule has 1 fully saturated rings. The van der Waals surface area contributed by atoms with Gasteiger partial charge in [-0.1, -0.05) is 18.2 Å². The molecule has 5 nitrogen and oxygen atoms in total. The molecule has 2 atom stereocenters. The molecule has 1 heterocycles. The second-order valence-corrected chi connectivity index (χ2v) is 4.12. The molecule has 2 rings (SSSR count). The first-order chi connectivity index (χ1) is 8.76. The summed E-state index contributed by atoms with van der Waals surface area (Å²) in [6.45, 7) is 2.20. The monoisotopic (exact) mass is 250 g/mol. The van der Waals surface area contributed by atoms with E-state index in [-0.39, 0.29) is 18.1 Å². The normalized spacial score (nSPS) is 22.8. The van der Waals surface area contributed by atoms with Gasteiger partial charge in [-0.2, -0.15) is 0 Å². The average Bonchev–Trinajstić information content (AvgIpc) is 2.88. The Bertz CT molecular complexity index is 422. The number of hydrazine groups is 1. The van der Waals surface area contributed by atoms with Crippen molar-refractivity contribution in [2.45, 2.75) is 25.4 Å². The molecule has 98 valence electrons. The van der Waals surface area contributed by atoms with Crippen molar-refractivity contribution in [3.8, 4) is 5.75 Å². The molecule has 0 saturated carbocycles. The van der Waals surface area contributed by atoms with E-state index in [0.717, 1.165) is 11.3 Å². The van der Waals surface area contributed by atoms with Gasteiger partial charge >= 0.3 is 5.97 Å². The molecule has 1 aliphatic heterocycles. The molecular weight excluding hydrogens is 232 g/mol. The lowest BCUT2D eigenvalue weighted by Crippen LogP contribution is -2.37. The van der Waals surface area contributed by atoms with Crippen molar-refractivity contribution in [2.75, 3.05) is 13.7 Å². The van der Waals surface area contributed by atoms with E-state index in [2.05, 4.69) is 10.9 Å². The van der Waals surface area contributed by atoms with Gasteiger partial charge in [-0.05, 0) is 19.4 Å². The fourth-order valence-corrected chi connectivity index (χ4v) is 2.11. The predicted molar refractivity (Wildman–Crippen MR) is 67.0 cm³/mol. The second kappa shape index (κ2) is 5.84. The number of para-hydroxylation sites is 1. The number of esters is 1. The third-order valence-electron chi connectivity index (χ3n) is 2.99. The molecule has 0 amide bonds. The summed E-state index contributed by atoms with van der Waals surface area (Å²) < 4.78 is 10.3. The number of carbonyl (C=O) groups is 1. The van der Waals surface area contributed by atoms with E-state index < -0.39 is 0 Å². The molecule has 2 N–H and O–H groups in total. The van der Waals surface area contributed by atoms with Crippen molar-refractivity contribution in [1.29, 1.82) is 0 Å². The molecule has 18 heavy (non-hydrogen) atoms. The van der Waals surface area contributed by atoms with Gasteiger partial charge in [-0.3, -0.25) is 4.79 Å². The molecular formula is C13H18N2O3. The fourth-order valence-electron chi connectivity index (χ4n) is 2.11. The Morgan fingerprint density at radius 2 is 2.17 bits per heavy atom. The van der Waals surface area contributed by atoms with Gasteiger partial charge < -0.3 is 9.47 Å². The van der Waals surface area contributed by atoms with E-state index in [0.29, 0.717) is 13.0 Å². The maximum absolute atomic E-state index is 11.6. The van der Waals surface area contributed by atoms with Crippen molar-refractivity contribution >= 4 is 5.97 Å². The van der Waals surface area contributed by atoms with E-state index in [1.165, 1.54) is 0 Å². The fraction of sp³-hybridized carbons (Fsp3) is 0.462. The summed E-state index contributed by atoms with van der Waals surface area (Å²) in [7, 11) is 1.64. The summed E-state index contributed by atoms with van der Waals surface area (Å²) in [6.07, 6.45) is 0.652. The Morgan fingerprint density at radius 1 is 1.39 bits per heavy atom. The van der Waals surface area contributed by atoms with Gasteiger partial charge in [0.1, 0.15) is 11.8 Å². The molecule has 5 heteroatoms. The minimum Gasteiger partial charge on any atom is -0.496 e. The number of benzene rings is 1. The number of carbonyl (C=O) groups excluding carboxylic acids is 1. The molecule has 0 bridgehead atoms. The predicted octanol–water partition coefficient (Wildman–Crippen LogP) is 1.17. The molecule has 1 aromatic carbocycles. The highest BCUT2D eigenvalue weighted by molar-refractivity contribution is 5.76. The molecule has 2 unspecified atom stereocenters. The molecule has 0 radical (unpaired) electrons. The van der Waals surface area contributed by atoms with Crippen LogP contribution >= 0.6 is 0 Å². The maximum Gasteiger partial charge on any atom is 0.324 e. The van der Waals surface area contributed by atoms with Crippen LogP contribution in [0.5, 0.6) is 5.75 Å². The lowest BCUT2D eigenvalue weighted by atomic mass is 10.0. The van der Waals surface area contributed by atoms with Gasteiger partial charge in [0, 0.05) is 5.56 Å². The van der Waals surface area contributed by atoms with E-state index >= 15 is 0 Å². The minimum absolute atomic E-state index is 0.0514. The van der Waals surface area contributed by atoms with Crippen LogP contribution in [0.25, 0.3) is 0 Å². The molecule has 1 saturated heterocycles. The number of ether oxygens (including phenoxy) is 2. The Kier molecular flexibility index (Phi) is 4.17. The van der Waals surface area contributed by atoms with Crippen LogP contribution in [0.15, 0.2) is 24.3 Å². The van der Waals surface area contributed by atoms with Crippen LogP contribution in [0.2, 0.25) is 0 Å². The smallest absolute Gasteiger partial charge is 0.324 e. The first-order valence-corrected chi connectivity index (χ1v) is 6.06. The van der Waals surface area contributed by atoms with E-state index in [1.807, 2.05) is 24.3 Å². The number of hydrogen-bond donors (Lipinski definition) is 2. The summed E-state index contributed by atoms with van der Waals surface area (Å²) in [5.41, 5.74) is 7.11. The van der Waals surface area contributed by atoms with Crippen molar-refractivity contribution in [3.63, 3.8) is 0 Å². The lowest BCUT2D eigenvalue weighted by molar-refractivity contribution is -0.145. The maximum atomic E-state index is 11.6. The molecule has 0 spiro atoms. The average molecular weight is 250 g/mol. The third-order valence-corrected chi connectivity index (χ3v) is 2.99. The first-order valence-electron chi connectivity index (χ1n) is 6.06. The second-order valence-electron chi connectivity index (χ2n) is 4.12. The highest BCUT2D eigenvalue weighted by Crippen LogP contribution is 2.29. The van der Waals surface area contributed by atoms with E-state index in [9.17, 15) is 4.79 Å². The number of rotatable bonds is 4. The summed E-state index contributed by atoms with van der Waals surface area (Å²) in [5.74, 6) is 0.601. The Hall–Kier alpha value is -1.59. The first kappa shape index (κ1) is 12.9. The van der Waals surface area contributed by atoms with Crippen LogP contribution in [0.1, 0.15) is 24.9 Å². The third kappa shape index (κ3) is 2.63. The van der Waals surface area contributed by atoms with Gasteiger partial charge in [-0.25, -0.2) is 10.9 Å². The van der Waals surface area contributed by atoms with Crippen LogP contribution in [0.3, 0.4) is 0 Å². The quantitative estimate of drug-likeness (QED) is 0.785. The topological polar surface area (TPSA) is 59.6 Å². The van der Waals surface area contributed by atoms with Crippen LogP contribution in [-0.4, -0.2) is 25.7 Å². The Balaban J connectivity index is 2.06. The zero-order valence-electron chi connectivity index (χ0n) is 10.6. The highest BCUT2D eigenvalue weighted by atomic mass is 16.5. The molecule has 1 aromatic rings. The largest absolute Gasteiger partial charge is 0.496 e. The van der Waals surface area contributed by atoms with Crippen molar-refractivity contribution in [2.24, 2.45) is 0 Å². The van der Waals surface area contributed by atoms with Gasteiger partial charge in [0.25, 0.3) is 0 Å². The van der Waals surface area contributed by atoms with Crippen molar-refractivity contribution in [1.82, 2.24) is 10.9 Å². The van der Waals surface area contributed by atoms with Gasteiger partial charge in [0.05, 0.1) is 19.8 Å². The zero-order chi connectivity index (χ0) is 13.0. The summed E-state index contributed by atoms with van der Waals surface area (Å²) in [4.78, 5) is 11.6. The SMILES string of the molecule is CCOC(=O)C1CC(c2ccccc2OC)NN1. The van der Waals surface area contributed by atoms with Crippen LogP contribution in [0, 0.1) is 0 Å². The summed E-state index contributed by atoms with van der Waals surface area (Å²) >= 11 is 0. The van der Waals surface area contributed by atoms with Crippen LogP contribution in [-0.2, 0) is 9.53 Å².